The molecule has 0 aromatic heterocycles. The van der Waals surface area contributed by atoms with Gasteiger partial charge >= 0.3 is 0 Å². The van der Waals surface area contributed by atoms with Gasteiger partial charge in [-0.3, -0.25) is 0 Å². The van der Waals surface area contributed by atoms with E-state index in [1.165, 1.54) is 10.9 Å². The summed E-state index contributed by atoms with van der Waals surface area (Å²) in [6.45, 7) is 0. The summed E-state index contributed by atoms with van der Waals surface area (Å²) >= 11 is 10.0. The predicted molar refractivity (Wildman–Crippen MR) is 92.7 cm³/mol. The maximum absolute atomic E-state index is 6.28. The molecule has 1 unspecified atom stereocenters. The molecule has 3 heteroatoms. The summed E-state index contributed by atoms with van der Waals surface area (Å²) in [6.07, 6.45) is 0. The van der Waals surface area contributed by atoms with Gasteiger partial charge in [0.1, 0.15) is 5.75 Å². The van der Waals surface area contributed by atoms with Gasteiger partial charge in [0.15, 0.2) is 0 Å². The first-order chi connectivity index (χ1) is 10.2. The summed E-state index contributed by atoms with van der Waals surface area (Å²) in [5.74, 6) is 0.872. The molecule has 0 amide bonds. The minimum atomic E-state index is 0.0812. The molecule has 1 atom stereocenters. The molecular formula is C18H14BrClO. The lowest BCUT2D eigenvalue weighted by Gasteiger charge is -2.13. The number of halogens is 2. The van der Waals surface area contributed by atoms with Crippen LogP contribution in [-0.4, -0.2) is 7.11 Å². The number of fused-ring (bicyclic) bond motifs is 1. The second-order valence-corrected chi connectivity index (χ2v) is 6.18. The van der Waals surface area contributed by atoms with Crippen molar-refractivity contribution in [1.82, 2.24) is 0 Å². The fraction of sp³-hybridized carbons (Fsp3) is 0.111. The first-order valence-electron chi connectivity index (χ1n) is 6.65. The van der Waals surface area contributed by atoms with Crippen LogP contribution in [0.15, 0.2) is 60.7 Å². The number of methoxy groups -OCH3 is 1. The van der Waals surface area contributed by atoms with Crippen molar-refractivity contribution in [2.75, 3.05) is 7.11 Å². The van der Waals surface area contributed by atoms with Gasteiger partial charge in [0.2, 0.25) is 0 Å². The third kappa shape index (κ3) is 2.92. The Morgan fingerprint density at radius 2 is 1.67 bits per heavy atom. The lowest BCUT2D eigenvalue weighted by Crippen LogP contribution is -1.94. The SMILES string of the molecule is COc1ccc2cc(C(Br)c3ccccc3Cl)ccc2c1. The Balaban J connectivity index is 2.03. The molecule has 0 saturated heterocycles. The highest BCUT2D eigenvalue weighted by Crippen LogP contribution is 2.36. The molecule has 3 rings (SSSR count). The standard InChI is InChI=1S/C18H14BrClO/c1-21-15-9-8-12-10-14(7-6-13(12)11-15)18(19)16-4-2-3-5-17(16)20/h2-11,18H,1H3. The van der Waals surface area contributed by atoms with Crippen LogP contribution < -0.4 is 4.74 Å². The molecule has 0 bridgehead atoms. The van der Waals surface area contributed by atoms with Crippen LogP contribution in [0.5, 0.6) is 5.75 Å². The van der Waals surface area contributed by atoms with Crippen LogP contribution in [0.1, 0.15) is 16.0 Å². The molecule has 3 aromatic carbocycles. The lowest BCUT2D eigenvalue weighted by molar-refractivity contribution is 0.415. The molecular weight excluding hydrogens is 348 g/mol. The van der Waals surface area contributed by atoms with Gasteiger partial charge in [-0.2, -0.15) is 0 Å². The molecule has 0 aliphatic heterocycles. The average molecular weight is 362 g/mol. The smallest absolute Gasteiger partial charge is 0.119 e. The van der Waals surface area contributed by atoms with Crippen LogP contribution in [0.3, 0.4) is 0 Å². The highest BCUT2D eigenvalue weighted by Gasteiger charge is 2.13. The average Bonchev–Trinajstić information content (AvgIpc) is 2.53. The molecule has 106 valence electrons. The Kier molecular flexibility index (Phi) is 4.18. The summed E-state index contributed by atoms with van der Waals surface area (Å²) in [7, 11) is 1.68. The molecule has 0 N–H and O–H groups in total. The zero-order chi connectivity index (χ0) is 14.8. The monoisotopic (exact) mass is 360 g/mol. The quantitative estimate of drug-likeness (QED) is 0.521. The topological polar surface area (TPSA) is 9.23 Å². The van der Waals surface area contributed by atoms with Crippen molar-refractivity contribution >= 4 is 38.3 Å². The fourth-order valence-corrected chi connectivity index (χ4v) is 3.45. The van der Waals surface area contributed by atoms with E-state index in [1.807, 2.05) is 36.4 Å². The van der Waals surface area contributed by atoms with Crippen LogP contribution >= 0.6 is 27.5 Å². The fourth-order valence-electron chi connectivity index (χ4n) is 2.39. The van der Waals surface area contributed by atoms with Crippen molar-refractivity contribution in [2.24, 2.45) is 0 Å². The van der Waals surface area contributed by atoms with Gasteiger partial charge < -0.3 is 4.74 Å². The summed E-state index contributed by atoms with van der Waals surface area (Å²) in [6, 6.07) is 20.4. The van der Waals surface area contributed by atoms with E-state index in [1.54, 1.807) is 7.11 Å². The second kappa shape index (κ2) is 6.08. The van der Waals surface area contributed by atoms with Crippen LogP contribution in [0.25, 0.3) is 10.8 Å². The Morgan fingerprint density at radius 1 is 0.952 bits per heavy atom. The number of rotatable bonds is 3. The number of ether oxygens (including phenoxy) is 1. The van der Waals surface area contributed by atoms with E-state index in [0.717, 1.165) is 21.7 Å². The Bertz CT molecular complexity index is 785. The van der Waals surface area contributed by atoms with Crippen LogP contribution in [-0.2, 0) is 0 Å². The molecule has 0 radical (unpaired) electrons. The van der Waals surface area contributed by atoms with Crippen LogP contribution in [0.4, 0.5) is 0 Å². The van der Waals surface area contributed by atoms with Gasteiger partial charge in [-0.1, -0.05) is 63.9 Å². The van der Waals surface area contributed by atoms with E-state index in [0.29, 0.717) is 0 Å². The van der Waals surface area contributed by atoms with E-state index in [4.69, 9.17) is 16.3 Å². The summed E-state index contributed by atoms with van der Waals surface area (Å²) < 4.78 is 5.26. The molecule has 0 fully saturated rings. The molecule has 0 saturated carbocycles. The van der Waals surface area contributed by atoms with Crippen molar-refractivity contribution in [3.05, 3.63) is 76.8 Å². The van der Waals surface area contributed by atoms with Gasteiger partial charge in [-0.05, 0) is 46.2 Å². The Hall–Kier alpha value is -1.51. The molecule has 0 heterocycles. The van der Waals surface area contributed by atoms with E-state index >= 15 is 0 Å². The Labute approximate surface area is 137 Å². The van der Waals surface area contributed by atoms with Gasteiger partial charge in [-0.15, -0.1) is 0 Å². The number of alkyl halides is 1. The van der Waals surface area contributed by atoms with E-state index in [-0.39, 0.29) is 4.83 Å². The highest BCUT2D eigenvalue weighted by molar-refractivity contribution is 9.09. The van der Waals surface area contributed by atoms with Crippen LogP contribution in [0.2, 0.25) is 5.02 Å². The minimum Gasteiger partial charge on any atom is -0.497 e. The first-order valence-corrected chi connectivity index (χ1v) is 7.94. The largest absolute Gasteiger partial charge is 0.497 e. The van der Waals surface area contributed by atoms with Crippen LogP contribution in [0, 0.1) is 0 Å². The normalized spacial score (nSPS) is 12.3. The van der Waals surface area contributed by atoms with E-state index < -0.39 is 0 Å². The van der Waals surface area contributed by atoms with E-state index in [2.05, 4.69) is 40.2 Å². The summed E-state index contributed by atoms with van der Waals surface area (Å²) in [5, 5.41) is 3.12. The maximum atomic E-state index is 6.28. The third-order valence-corrected chi connectivity index (χ3v) is 4.91. The summed E-state index contributed by atoms with van der Waals surface area (Å²) in [5.41, 5.74) is 2.26. The Morgan fingerprint density at radius 3 is 2.43 bits per heavy atom. The van der Waals surface area contributed by atoms with Gasteiger partial charge in [0, 0.05) is 5.02 Å². The van der Waals surface area contributed by atoms with Crippen molar-refractivity contribution in [3.63, 3.8) is 0 Å². The number of benzene rings is 3. The maximum Gasteiger partial charge on any atom is 0.119 e. The molecule has 3 aromatic rings. The van der Waals surface area contributed by atoms with Crippen molar-refractivity contribution in [1.29, 1.82) is 0 Å². The van der Waals surface area contributed by atoms with Gasteiger partial charge in [0.05, 0.1) is 11.9 Å². The third-order valence-electron chi connectivity index (χ3n) is 3.54. The molecule has 0 aliphatic rings. The molecule has 1 nitrogen and oxygen atoms in total. The first kappa shape index (κ1) is 14.4. The highest BCUT2D eigenvalue weighted by atomic mass is 79.9. The van der Waals surface area contributed by atoms with Crippen molar-refractivity contribution in [2.45, 2.75) is 4.83 Å². The van der Waals surface area contributed by atoms with Gasteiger partial charge in [0.25, 0.3) is 0 Å². The van der Waals surface area contributed by atoms with Crippen molar-refractivity contribution in [3.8, 4) is 5.75 Å². The van der Waals surface area contributed by atoms with Crippen molar-refractivity contribution < 1.29 is 4.74 Å². The molecule has 21 heavy (non-hydrogen) atoms. The van der Waals surface area contributed by atoms with Gasteiger partial charge in [-0.25, -0.2) is 0 Å². The lowest BCUT2D eigenvalue weighted by atomic mass is 10.0. The second-order valence-electron chi connectivity index (χ2n) is 4.86. The summed E-state index contributed by atoms with van der Waals surface area (Å²) in [4.78, 5) is 0.0812. The minimum absolute atomic E-state index is 0.0812. The molecule has 0 spiro atoms. The zero-order valence-corrected chi connectivity index (χ0v) is 13.9. The predicted octanol–water partition coefficient (Wildman–Crippen LogP) is 5.99. The number of hydrogen-bond acceptors (Lipinski definition) is 1. The molecule has 0 aliphatic carbocycles. The van der Waals surface area contributed by atoms with E-state index in [9.17, 15) is 0 Å². The number of hydrogen-bond donors (Lipinski definition) is 0. The zero-order valence-electron chi connectivity index (χ0n) is 11.5.